The van der Waals surface area contributed by atoms with Crippen molar-refractivity contribution >= 4 is 109 Å². The number of hydrogen-bond acceptors (Lipinski definition) is 6. The second kappa shape index (κ2) is 25.7. The normalized spacial score (nSPS) is 11.7. The van der Waals surface area contributed by atoms with Crippen molar-refractivity contribution in [2.45, 2.75) is 0 Å². The van der Waals surface area contributed by atoms with Gasteiger partial charge in [0.1, 0.15) is 33.6 Å². The number of hydrogen-bond donors (Lipinski definition) is 0. The predicted molar refractivity (Wildman–Crippen MR) is 446 cm³/mol. The Kier molecular flexibility index (Phi) is 14.7. The first-order chi connectivity index (χ1) is 53.5. The Balaban J connectivity index is 0.000000138. The van der Waals surface area contributed by atoms with Crippen LogP contribution in [0.25, 0.3) is 210 Å². The first kappa shape index (κ1) is 62.0. The molecule has 16 aromatic carbocycles. The molecule has 0 amide bonds. The van der Waals surface area contributed by atoms with Crippen molar-refractivity contribution in [2.24, 2.45) is 0 Å². The minimum absolute atomic E-state index is 0.668. The Morgan fingerprint density at radius 3 is 0.944 bits per heavy atom. The quantitative estimate of drug-likeness (QED) is 0.136. The lowest BCUT2D eigenvalue weighted by Crippen LogP contribution is -1.94. The highest BCUT2D eigenvalue weighted by Gasteiger charge is 2.23. The molecule has 0 saturated heterocycles. The van der Waals surface area contributed by atoms with E-state index in [9.17, 15) is 0 Å². The van der Waals surface area contributed by atoms with Crippen molar-refractivity contribution in [1.82, 2.24) is 29.1 Å². The summed E-state index contributed by atoms with van der Waals surface area (Å²) >= 11 is 0. The van der Waals surface area contributed by atoms with E-state index in [1.54, 1.807) is 0 Å². The van der Waals surface area contributed by atoms with Gasteiger partial charge in [-0.25, -0.2) is 19.9 Å². The third-order valence-corrected chi connectivity index (χ3v) is 21.2. The van der Waals surface area contributed by atoms with Crippen molar-refractivity contribution in [1.29, 1.82) is 0 Å². The van der Waals surface area contributed by atoms with Crippen LogP contribution in [0.4, 0.5) is 0 Å². The standard InChI is InChI=1S/2C50H31N3O/c1-3-12-32(13-4-1)34-16-11-17-39(29-34)47-49-48(52-50(51-47)33-14-5-2-6-15-33)43-31-38(25-27-46(43)54-49)35-22-23-37-30-40(26-24-36(37)28-35)53-44-20-9-7-18-41(44)42-19-8-10-21-45(42)53;1-3-11-32(12-4-1)33-19-21-34(22-20-33)47-49-48(52-50(51-47)35-13-5-2-6-14-35)43-31-39(26-28-46(43)54-49)36-23-24-38-30-40(27-25-37(38)29-36)53-44-17-9-7-15-41(44)42-16-8-10-18-45(42)53/h2*1-31H. The van der Waals surface area contributed by atoms with Crippen LogP contribution in [0.15, 0.2) is 385 Å². The monoisotopic (exact) mass is 1380 g/mol. The lowest BCUT2D eigenvalue weighted by atomic mass is 9.99. The molecule has 0 N–H and O–H groups in total. The molecule has 108 heavy (non-hydrogen) atoms. The zero-order valence-electron chi connectivity index (χ0n) is 58.3. The van der Waals surface area contributed by atoms with Crippen LogP contribution in [-0.2, 0) is 0 Å². The summed E-state index contributed by atoms with van der Waals surface area (Å²) in [5, 5.41) is 11.7. The first-order valence-electron chi connectivity index (χ1n) is 36.5. The molecular weight excluding hydrogens is 1320 g/mol. The maximum Gasteiger partial charge on any atom is 0.180 e. The Morgan fingerprint density at radius 2 is 0.500 bits per heavy atom. The fraction of sp³-hybridized carbons (Fsp3) is 0. The van der Waals surface area contributed by atoms with E-state index in [4.69, 9.17) is 28.8 Å². The molecule has 0 aliphatic heterocycles. The topological polar surface area (TPSA) is 87.7 Å². The molecule has 0 saturated carbocycles. The Morgan fingerprint density at radius 1 is 0.194 bits per heavy atom. The van der Waals surface area contributed by atoms with E-state index >= 15 is 0 Å². The Bertz CT molecular complexity index is 7180. The summed E-state index contributed by atoms with van der Waals surface area (Å²) in [5.41, 5.74) is 26.2. The van der Waals surface area contributed by atoms with Gasteiger partial charge in [-0.2, -0.15) is 0 Å². The van der Waals surface area contributed by atoms with Crippen molar-refractivity contribution in [2.75, 3.05) is 0 Å². The van der Waals surface area contributed by atoms with Gasteiger partial charge in [0.2, 0.25) is 0 Å². The highest BCUT2D eigenvalue weighted by atomic mass is 16.3. The molecule has 0 unspecified atom stereocenters. The minimum atomic E-state index is 0.668. The SMILES string of the molecule is c1ccc(-c2ccc(-c3nc(-c4ccccc4)nc4c3oc3ccc(-c5ccc6cc(-n7c8ccccc8c8ccccc87)ccc6c5)cc34)cc2)cc1.c1ccc(-c2cccc(-c3nc(-c4ccccc4)nc4c3oc3ccc(-c5ccc6cc(-n7c8ccccc8c8ccccc87)ccc6c5)cc34)c2)cc1. The summed E-state index contributed by atoms with van der Waals surface area (Å²) in [7, 11) is 0. The summed E-state index contributed by atoms with van der Waals surface area (Å²) in [4.78, 5) is 20.5. The molecule has 0 aliphatic rings. The number of rotatable bonds is 10. The molecule has 6 aromatic heterocycles. The van der Waals surface area contributed by atoms with Crippen LogP contribution in [0.1, 0.15) is 0 Å². The minimum Gasteiger partial charge on any atom is -0.452 e. The van der Waals surface area contributed by atoms with Gasteiger partial charge < -0.3 is 18.0 Å². The van der Waals surface area contributed by atoms with Gasteiger partial charge in [0, 0.05) is 65.9 Å². The maximum absolute atomic E-state index is 6.62. The van der Waals surface area contributed by atoms with Gasteiger partial charge in [-0.15, -0.1) is 0 Å². The van der Waals surface area contributed by atoms with Gasteiger partial charge in [-0.05, 0) is 157 Å². The number of nitrogens with zero attached hydrogens (tertiary/aromatic N) is 6. The summed E-state index contributed by atoms with van der Waals surface area (Å²) in [5.74, 6) is 1.34. The summed E-state index contributed by atoms with van der Waals surface area (Å²) in [6.07, 6.45) is 0. The molecule has 0 atom stereocenters. The maximum atomic E-state index is 6.62. The van der Waals surface area contributed by atoms with E-state index in [1.165, 1.54) is 70.7 Å². The number of benzene rings is 16. The number of aromatic nitrogens is 6. The molecule has 0 spiro atoms. The molecule has 504 valence electrons. The zero-order chi connectivity index (χ0) is 71.2. The number of furan rings is 2. The lowest BCUT2D eigenvalue weighted by Gasteiger charge is -2.10. The van der Waals surface area contributed by atoms with Crippen molar-refractivity contribution in [3.63, 3.8) is 0 Å². The van der Waals surface area contributed by atoms with E-state index in [1.807, 2.05) is 48.5 Å². The molecule has 0 aliphatic carbocycles. The molecular formula is C100H62N6O2. The smallest absolute Gasteiger partial charge is 0.180 e. The highest BCUT2D eigenvalue weighted by Crippen LogP contribution is 2.43. The summed E-state index contributed by atoms with van der Waals surface area (Å²) in [6, 6.07) is 133. The molecule has 8 nitrogen and oxygen atoms in total. The Hall–Kier alpha value is -14.6. The average molecular weight is 1380 g/mol. The van der Waals surface area contributed by atoms with Crippen LogP contribution in [-0.4, -0.2) is 29.1 Å². The van der Waals surface area contributed by atoms with Crippen LogP contribution in [0.5, 0.6) is 0 Å². The van der Waals surface area contributed by atoms with E-state index in [0.29, 0.717) is 22.8 Å². The van der Waals surface area contributed by atoms with E-state index in [-0.39, 0.29) is 0 Å². The highest BCUT2D eigenvalue weighted by molar-refractivity contribution is 6.13. The van der Waals surface area contributed by atoms with Crippen molar-refractivity contribution < 1.29 is 8.83 Å². The third kappa shape index (κ3) is 10.8. The van der Waals surface area contributed by atoms with Crippen LogP contribution >= 0.6 is 0 Å². The van der Waals surface area contributed by atoms with Crippen LogP contribution < -0.4 is 0 Å². The fourth-order valence-corrected chi connectivity index (χ4v) is 15.9. The zero-order valence-corrected chi connectivity index (χ0v) is 58.3. The molecule has 6 heterocycles. The molecule has 22 aromatic rings. The van der Waals surface area contributed by atoms with E-state index in [0.717, 1.165) is 117 Å². The number of para-hydroxylation sites is 4. The van der Waals surface area contributed by atoms with Gasteiger partial charge in [-0.1, -0.05) is 285 Å². The van der Waals surface area contributed by atoms with Crippen LogP contribution in [0, 0.1) is 0 Å². The summed E-state index contributed by atoms with van der Waals surface area (Å²) < 4.78 is 17.9. The fourth-order valence-electron chi connectivity index (χ4n) is 15.9. The Labute approximate surface area is 620 Å². The lowest BCUT2D eigenvalue weighted by molar-refractivity contribution is 0.667. The molecule has 22 rings (SSSR count). The van der Waals surface area contributed by atoms with Gasteiger partial charge in [0.25, 0.3) is 0 Å². The first-order valence-corrected chi connectivity index (χ1v) is 36.5. The largest absolute Gasteiger partial charge is 0.452 e. The molecule has 0 bridgehead atoms. The second-order valence-electron chi connectivity index (χ2n) is 27.6. The average Bonchev–Trinajstić information content (AvgIpc) is 1.59. The molecule has 8 heteroatoms. The van der Waals surface area contributed by atoms with E-state index in [2.05, 4.69) is 337 Å². The van der Waals surface area contributed by atoms with Gasteiger partial charge in [0.05, 0.1) is 22.1 Å². The summed E-state index contributed by atoms with van der Waals surface area (Å²) in [6.45, 7) is 0. The van der Waals surface area contributed by atoms with Gasteiger partial charge in [-0.3, -0.25) is 0 Å². The van der Waals surface area contributed by atoms with E-state index < -0.39 is 0 Å². The molecule has 0 radical (unpaired) electrons. The van der Waals surface area contributed by atoms with Gasteiger partial charge >= 0.3 is 0 Å². The third-order valence-electron chi connectivity index (χ3n) is 21.2. The predicted octanol–water partition coefficient (Wildman–Crippen LogP) is 26.6. The van der Waals surface area contributed by atoms with Crippen LogP contribution in [0.3, 0.4) is 0 Å². The van der Waals surface area contributed by atoms with Crippen molar-refractivity contribution in [3.8, 4) is 101 Å². The second-order valence-corrected chi connectivity index (χ2v) is 27.6. The van der Waals surface area contributed by atoms with Crippen molar-refractivity contribution in [3.05, 3.63) is 376 Å². The van der Waals surface area contributed by atoms with Gasteiger partial charge in [0.15, 0.2) is 22.8 Å². The van der Waals surface area contributed by atoms with Crippen LogP contribution in [0.2, 0.25) is 0 Å². The molecule has 0 fully saturated rings. The number of fused-ring (bicyclic) bond motifs is 14.